The summed E-state index contributed by atoms with van der Waals surface area (Å²) in [7, 11) is 1.71. The molecule has 0 spiro atoms. The van der Waals surface area contributed by atoms with E-state index < -0.39 is 0 Å². The predicted octanol–water partition coefficient (Wildman–Crippen LogP) is 2.45. The summed E-state index contributed by atoms with van der Waals surface area (Å²) in [6.07, 6.45) is 7.08. The van der Waals surface area contributed by atoms with Gasteiger partial charge in [0.1, 0.15) is 0 Å². The molecule has 0 amide bonds. The molecule has 4 unspecified atom stereocenters. The molecule has 0 aromatic carbocycles. The molecule has 2 bridgehead atoms. The molecule has 2 aliphatic carbocycles. The quantitative estimate of drug-likeness (QED) is 0.642. The van der Waals surface area contributed by atoms with Crippen LogP contribution in [0.5, 0.6) is 0 Å². The van der Waals surface area contributed by atoms with Gasteiger partial charge in [-0.05, 0) is 56.9 Å². The van der Waals surface area contributed by atoms with Gasteiger partial charge < -0.3 is 14.8 Å². The summed E-state index contributed by atoms with van der Waals surface area (Å²) < 4.78 is 10.4. The lowest BCUT2D eigenvalue weighted by Gasteiger charge is -2.28. The van der Waals surface area contributed by atoms with Gasteiger partial charge in [0, 0.05) is 19.8 Å². The molecule has 106 valence electrons. The summed E-state index contributed by atoms with van der Waals surface area (Å²) in [5.41, 5.74) is 0. The van der Waals surface area contributed by atoms with Crippen LogP contribution in [0.1, 0.15) is 39.0 Å². The summed E-state index contributed by atoms with van der Waals surface area (Å²) in [5.74, 6) is 3.02. The second-order valence-corrected chi connectivity index (χ2v) is 6.04. The Hall–Kier alpha value is -0.120. The maximum atomic E-state index is 5.47. The van der Waals surface area contributed by atoms with E-state index in [4.69, 9.17) is 9.47 Å². The van der Waals surface area contributed by atoms with Crippen molar-refractivity contribution in [3.8, 4) is 0 Å². The van der Waals surface area contributed by atoms with Gasteiger partial charge in [-0.3, -0.25) is 0 Å². The van der Waals surface area contributed by atoms with E-state index in [-0.39, 0.29) is 0 Å². The number of fused-ring (bicyclic) bond motifs is 2. The first-order chi connectivity index (χ1) is 8.81. The summed E-state index contributed by atoms with van der Waals surface area (Å²) in [5, 5.41) is 3.69. The molecule has 2 rings (SSSR count). The van der Waals surface area contributed by atoms with Crippen molar-refractivity contribution in [2.75, 3.05) is 33.5 Å². The van der Waals surface area contributed by atoms with Crippen LogP contribution in [0.3, 0.4) is 0 Å². The van der Waals surface area contributed by atoms with Crippen molar-refractivity contribution >= 4 is 0 Å². The first-order valence-electron chi connectivity index (χ1n) is 7.61. The zero-order valence-electron chi connectivity index (χ0n) is 12.0. The van der Waals surface area contributed by atoms with E-state index >= 15 is 0 Å². The number of hydrogen-bond donors (Lipinski definition) is 1. The Kier molecular flexibility index (Phi) is 5.93. The molecule has 18 heavy (non-hydrogen) atoms. The van der Waals surface area contributed by atoms with E-state index in [0.717, 1.165) is 43.9 Å². The van der Waals surface area contributed by atoms with E-state index in [9.17, 15) is 0 Å². The lowest BCUT2D eigenvalue weighted by molar-refractivity contribution is 0.0689. The molecule has 2 fully saturated rings. The fourth-order valence-electron chi connectivity index (χ4n) is 3.81. The summed E-state index contributed by atoms with van der Waals surface area (Å²) >= 11 is 0. The Bertz CT molecular complexity index is 235. The number of ether oxygens (including phenoxy) is 2. The van der Waals surface area contributed by atoms with Gasteiger partial charge in [-0.1, -0.05) is 6.42 Å². The predicted molar refractivity (Wildman–Crippen MR) is 73.7 cm³/mol. The van der Waals surface area contributed by atoms with Crippen LogP contribution in [-0.4, -0.2) is 39.5 Å². The van der Waals surface area contributed by atoms with Crippen LogP contribution in [0.2, 0.25) is 0 Å². The number of rotatable bonds is 9. The van der Waals surface area contributed by atoms with Crippen molar-refractivity contribution in [3.63, 3.8) is 0 Å². The average molecular weight is 255 g/mol. The highest BCUT2D eigenvalue weighted by molar-refractivity contribution is 4.93. The van der Waals surface area contributed by atoms with Gasteiger partial charge in [-0.15, -0.1) is 0 Å². The van der Waals surface area contributed by atoms with Crippen molar-refractivity contribution in [2.24, 2.45) is 17.8 Å². The van der Waals surface area contributed by atoms with Crippen molar-refractivity contribution in [3.05, 3.63) is 0 Å². The summed E-state index contributed by atoms with van der Waals surface area (Å²) in [6, 6.07) is 0.694. The third kappa shape index (κ3) is 3.94. The number of nitrogens with one attached hydrogen (secondary N) is 1. The van der Waals surface area contributed by atoms with Crippen molar-refractivity contribution < 1.29 is 9.47 Å². The van der Waals surface area contributed by atoms with E-state index in [1.165, 1.54) is 25.7 Å². The van der Waals surface area contributed by atoms with E-state index in [2.05, 4.69) is 12.2 Å². The van der Waals surface area contributed by atoms with Gasteiger partial charge in [0.25, 0.3) is 0 Å². The summed E-state index contributed by atoms with van der Waals surface area (Å²) in [6.45, 7) is 5.73. The van der Waals surface area contributed by atoms with Crippen LogP contribution in [0.15, 0.2) is 0 Å². The van der Waals surface area contributed by atoms with Gasteiger partial charge in [0.2, 0.25) is 0 Å². The Morgan fingerprint density at radius 1 is 1.17 bits per heavy atom. The third-order valence-electron chi connectivity index (χ3n) is 4.80. The fraction of sp³-hybridized carbons (Fsp3) is 1.00. The Morgan fingerprint density at radius 2 is 2.06 bits per heavy atom. The Labute approximate surface area is 112 Å². The minimum absolute atomic E-state index is 0.694. The second kappa shape index (κ2) is 7.46. The van der Waals surface area contributed by atoms with Crippen molar-refractivity contribution in [2.45, 2.75) is 45.1 Å². The highest BCUT2D eigenvalue weighted by Gasteiger charge is 2.41. The zero-order valence-corrected chi connectivity index (χ0v) is 12.0. The monoisotopic (exact) mass is 255 g/mol. The highest BCUT2D eigenvalue weighted by atomic mass is 16.5. The van der Waals surface area contributed by atoms with Crippen LogP contribution in [-0.2, 0) is 9.47 Å². The van der Waals surface area contributed by atoms with Crippen molar-refractivity contribution in [1.29, 1.82) is 0 Å². The molecule has 0 aliphatic heterocycles. The van der Waals surface area contributed by atoms with Crippen LogP contribution in [0.4, 0.5) is 0 Å². The maximum absolute atomic E-state index is 5.47. The zero-order chi connectivity index (χ0) is 12.8. The topological polar surface area (TPSA) is 30.5 Å². The molecule has 0 aromatic rings. The Balaban J connectivity index is 1.49. The van der Waals surface area contributed by atoms with Gasteiger partial charge >= 0.3 is 0 Å². The molecule has 0 saturated heterocycles. The normalized spacial score (nSPS) is 32.0. The van der Waals surface area contributed by atoms with Gasteiger partial charge in [-0.2, -0.15) is 0 Å². The van der Waals surface area contributed by atoms with Crippen LogP contribution < -0.4 is 5.32 Å². The van der Waals surface area contributed by atoms with Crippen LogP contribution in [0, 0.1) is 17.8 Å². The summed E-state index contributed by atoms with van der Waals surface area (Å²) in [4.78, 5) is 0. The first-order valence-corrected chi connectivity index (χ1v) is 7.61. The molecule has 0 aromatic heterocycles. The lowest BCUT2D eigenvalue weighted by Crippen LogP contribution is -2.37. The number of methoxy groups -OCH3 is 1. The van der Waals surface area contributed by atoms with Gasteiger partial charge in [0.05, 0.1) is 13.2 Å². The molecular weight excluding hydrogens is 226 g/mol. The SMILES string of the molecule is COCCOCCCNC(C)C1CC2CCC1C2. The molecule has 0 radical (unpaired) electrons. The van der Waals surface area contributed by atoms with Crippen LogP contribution in [0.25, 0.3) is 0 Å². The molecule has 0 heterocycles. The minimum Gasteiger partial charge on any atom is -0.382 e. The highest BCUT2D eigenvalue weighted by Crippen LogP contribution is 2.49. The smallest absolute Gasteiger partial charge is 0.0700 e. The average Bonchev–Trinajstić information content (AvgIpc) is 2.99. The Morgan fingerprint density at radius 3 is 2.72 bits per heavy atom. The van der Waals surface area contributed by atoms with Gasteiger partial charge in [0.15, 0.2) is 0 Å². The molecular formula is C15H29NO2. The molecule has 4 atom stereocenters. The molecule has 1 N–H and O–H groups in total. The van der Waals surface area contributed by atoms with Crippen LogP contribution >= 0.6 is 0 Å². The molecule has 3 nitrogen and oxygen atoms in total. The van der Waals surface area contributed by atoms with E-state index in [1.54, 1.807) is 7.11 Å². The minimum atomic E-state index is 0.694. The standard InChI is InChI=1S/C15H29NO2/c1-12(15-11-13-4-5-14(15)10-13)16-6-3-7-18-9-8-17-2/h12-16H,3-11H2,1-2H3. The molecule has 2 aliphatic rings. The molecule has 3 heteroatoms. The number of hydrogen-bond acceptors (Lipinski definition) is 3. The fourth-order valence-corrected chi connectivity index (χ4v) is 3.81. The lowest BCUT2D eigenvalue weighted by atomic mass is 9.84. The third-order valence-corrected chi connectivity index (χ3v) is 4.80. The van der Waals surface area contributed by atoms with Crippen molar-refractivity contribution in [1.82, 2.24) is 5.32 Å². The largest absolute Gasteiger partial charge is 0.382 e. The maximum Gasteiger partial charge on any atom is 0.0700 e. The second-order valence-electron chi connectivity index (χ2n) is 6.04. The first kappa shape index (κ1) is 14.3. The van der Waals surface area contributed by atoms with Gasteiger partial charge in [-0.25, -0.2) is 0 Å². The van der Waals surface area contributed by atoms with E-state index in [1.807, 2.05) is 0 Å². The van der Waals surface area contributed by atoms with E-state index in [0.29, 0.717) is 12.6 Å². The molecule has 2 saturated carbocycles.